The first-order valence-corrected chi connectivity index (χ1v) is 14.8. The van der Waals surface area contributed by atoms with Gasteiger partial charge in [0.2, 0.25) is 10.0 Å². The summed E-state index contributed by atoms with van der Waals surface area (Å²) in [6.07, 6.45) is 2.19. The number of fused-ring (bicyclic) bond motifs is 1. The molecule has 0 spiro atoms. The van der Waals surface area contributed by atoms with Crippen molar-refractivity contribution in [2.24, 2.45) is 0 Å². The largest absolute Gasteiger partial charge is 0.489 e. The van der Waals surface area contributed by atoms with E-state index in [4.69, 9.17) is 16.0 Å². The fourth-order valence-corrected chi connectivity index (χ4v) is 6.27. The molecule has 40 heavy (non-hydrogen) atoms. The maximum Gasteiger partial charge on any atom is 0.489 e. The van der Waals surface area contributed by atoms with Gasteiger partial charge < -0.3 is 19.8 Å². The van der Waals surface area contributed by atoms with Crippen LogP contribution in [0.1, 0.15) is 45.8 Å². The zero-order valence-electron chi connectivity index (χ0n) is 21.6. The van der Waals surface area contributed by atoms with Crippen LogP contribution in [0.2, 0.25) is 5.02 Å². The Balaban J connectivity index is 1.42. The number of hydrogen-bond acceptors (Lipinski definition) is 6. The van der Waals surface area contributed by atoms with Crippen molar-refractivity contribution in [2.45, 2.75) is 30.9 Å². The Kier molecular flexibility index (Phi) is 8.03. The van der Waals surface area contributed by atoms with E-state index in [2.05, 4.69) is 10.0 Å². The molecule has 0 bridgehead atoms. The molecule has 0 unspecified atom stereocenters. The van der Waals surface area contributed by atoms with Crippen LogP contribution in [-0.2, 0) is 22.2 Å². The molecule has 3 aromatic carbocycles. The van der Waals surface area contributed by atoms with Crippen molar-refractivity contribution in [2.75, 3.05) is 13.6 Å². The number of furan rings is 1. The van der Waals surface area contributed by atoms with Crippen LogP contribution >= 0.6 is 11.6 Å². The summed E-state index contributed by atoms with van der Waals surface area (Å²) in [6, 6.07) is 13.9. The van der Waals surface area contributed by atoms with Crippen molar-refractivity contribution >= 4 is 51.1 Å². The maximum atomic E-state index is 13.5. The standard InChI is InChI=1S/C28H27BClFN2O6S/c1-32-28(34)26-22-14-21(17-3-4-17)19(13-25(22)39-27(26)18-5-7-20(31)8-6-18)15-40(37,38)33-11-10-16-2-9-23(29(35)36)24(30)12-16/h2,5-9,12-14,17,33,35-36H,3-4,10-11,15H2,1H3,(H,32,34). The van der Waals surface area contributed by atoms with E-state index >= 15 is 0 Å². The number of halogens is 2. The minimum Gasteiger partial charge on any atom is -0.455 e. The van der Waals surface area contributed by atoms with Crippen LogP contribution in [-0.4, -0.2) is 45.1 Å². The second kappa shape index (κ2) is 11.3. The molecule has 4 N–H and O–H groups in total. The van der Waals surface area contributed by atoms with Gasteiger partial charge in [-0.2, -0.15) is 0 Å². The third-order valence-corrected chi connectivity index (χ3v) is 8.61. The monoisotopic (exact) mass is 584 g/mol. The van der Waals surface area contributed by atoms with Crippen molar-refractivity contribution in [3.05, 3.63) is 87.7 Å². The van der Waals surface area contributed by atoms with Crippen molar-refractivity contribution in [1.29, 1.82) is 0 Å². The lowest BCUT2D eigenvalue weighted by molar-refractivity contribution is 0.0964. The fourth-order valence-electron chi connectivity index (χ4n) is 4.80. The van der Waals surface area contributed by atoms with Gasteiger partial charge in [0.25, 0.3) is 5.91 Å². The highest BCUT2D eigenvalue weighted by atomic mass is 35.5. The van der Waals surface area contributed by atoms with E-state index in [0.29, 0.717) is 34.1 Å². The predicted octanol–water partition coefficient (Wildman–Crippen LogP) is 3.47. The molecular formula is C28H27BClFN2O6S. The highest BCUT2D eigenvalue weighted by Crippen LogP contribution is 2.45. The molecule has 208 valence electrons. The van der Waals surface area contributed by atoms with Crippen molar-refractivity contribution < 1.29 is 32.1 Å². The minimum atomic E-state index is -3.74. The molecule has 1 saturated carbocycles. The van der Waals surface area contributed by atoms with Gasteiger partial charge in [-0.1, -0.05) is 23.7 Å². The van der Waals surface area contributed by atoms with Crippen LogP contribution in [0.15, 0.2) is 59.0 Å². The van der Waals surface area contributed by atoms with Crippen LogP contribution in [0, 0.1) is 5.82 Å². The molecule has 4 aromatic rings. The van der Waals surface area contributed by atoms with E-state index in [1.807, 2.05) is 6.07 Å². The first-order chi connectivity index (χ1) is 19.1. The molecule has 0 radical (unpaired) electrons. The Morgan fingerprint density at radius 3 is 2.48 bits per heavy atom. The number of rotatable bonds is 10. The van der Waals surface area contributed by atoms with Gasteiger partial charge >= 0.3 is 7.12 Å². The van der Waals surface area contributed by atoms with Crippen LogP contribution in [0.25, 0.3) is 22.3 Å². The van der Waals surface area contributed by atoms with Crippen molar-refractivity contribution in [3.63, 3.8) is 0 Å². The van der Waals surface area contributed by atoms with Crippen molar-refractivity contribution in [1.82, 2.24) is 10.0 Å². The van der Waals surface area contributed by atoms with Crippen LogP contribution < -0.4 is 15.5 Å². The van der Waals surface area contributed by atoms with Gasteiger partial charge in [-0.15, -0.1) is 0 Å². The summed E-state index contributed by atoms with van der Waals surface area (Å²) in [5.74, 6) is -0.566. The topological polar surface area (TPSA) is 129 Å². The summed E-state index contributed by atoms with van der Waals surface area (Å²) in [4.78, 5) is 12.9. The number of carbonyl (C=O) groups is 1. The summed E-state index contributed by atoms with van der Waals surface area (Å²) in [7, 11) is -3.91. The molecule has 1 aliphatic carbocycles. The molecule has 0 atom stereocenters. The predicted molar refractivity (Wildman–Crippen MR) is 153 cm³/mol. The summed E-state index contributed by atoms with van der Waals surface area (Å²) in [5, 5.41) is 22.0. The van der Waals surface area contributed by atoms with Gasteiger partial charge in [-0.05, 0) is 84.3 Å². The first kappa shape index (κ1) is 28.3. The average Bonchev–Trinajstić information content (AvgIpc) is 3.68. The van der Waals surface area contributed by atoms with Gasteiger partial charge in [0.1, 0.15) is 17.2 Å². The highest BCUT2D eigenvalue weighted by Gasteiger charge is 2.31. The number of benzene rings is 3. The summed E-state index contributed by atoms with van der Waals surface area (Å²) < 4.78 is 48.4. The Morgan fingerprint density at radius 2 is 1.85 bits per heavy atom. The molecule has 12 heteroatoms. The smallest absolute Gasteiger partial charge is 0.455 e. The van der Waals surface area contributed by atoms with E-state index in [0.717, 1.165) is 24.0 Å². The van der Waals surface area contributed by atoms with Crippen LogP contribution in [0.5, 0.6) is 0 Å². The lowest BCUT2D eigenvalue weighted by Gasteiger charge is -2.12. The normalized spacial score (nSPS) is 13.5. The number of amides is 1. The lowest BCUT2D eigenvalue weighted by atomic mass is 9.80. The summed E-state index contributed by atoms with van der Waals surface area (Å²) in [5.41, 5.74) is 3.58. The summed E-state index contributed by atoms with van der Waals surface area (Å²) >= 11 is 6.08. The Morgan fingerprint density at radius 1 is 1.12 bits per heavy atom. The quantitative estimate of drug-likeness (QED) is 0.211. The molecule has 1 amide bonds. The molecule has 1 aromatic heterocycles. The average molecular weight is 585 g/mol. The van der Waals surface area contributed by atoms with Gasteiger partial charge in [-0.3, -0.25) is 4.79 Å². The SMILES string of the molecule is CNC(=O)c1c(-c2ccc(F)cc2)oc2cc(CS(=O)(=O)NCCc3ccc(B(O)O)c(Cl)c3)c(C3CC3)cc12. The van der Waals surface area contributed by atoms with Crippen LogP contribution in [0.4, 0.5) is 4.39 Å². The molecule has 0 aliphatic heterocycles. The van der Waals surface area contributed by atoms with Crippen molar-refractivity contribution in [3.8, 4) is 11.3 Å². The van der Waals surface area contributed by atoms with Gasteiger partial charge in [-0.25, -0.2) is 17.5 Å². The lowest BCUT2D eigenvalue weighted by Crippen LogP contribution is -2.31. The molecule has 5 rings (SSSR count). The molecule has 1 aliphatic rings. The molecule has 0 saturated heterocycles. The second-order valence-electron chi connectivity index (χ2n) is 9.85. The van der Waals surface area contributed by atoms with Gasteiger partial charge in [0.15, 0.2) is 0 Å². The highest BCUT2D eigenvalue weighted by molar-refractivity contribution is 7.88. The fraction of sp³-hybridized carbons (Fsp3) is 0.250. The third kappa shape index (κ3) is 6.08. The van der Waals surface area contributed by atoms with Crippen LogP contribution in [0.3, 0.4) is 0 Å². The Bertz CT molecular complexity index is 1690. The third-order valence-electron chi connectivity index (χ3n) is 6.95. The number of carbonyl (C=O) groups excluding carboxylic acids is 1. The molecule has 1 fully saturated rings. The second-order valence-corrected chi connectivity index (χ2v) is 12.1. The number of sulfonamides is 1. The Hall–Kier alpha value is -3.22. The first-order valence-electron chi connectivity index (χ1n) is 12.8. The van der Waals surface area contributed by atoms with E-state index in [1.165, 1.54) is 37.4 Å². The zero-order chi connectivity index (χ0) is 28.6. The zero-order valence-corrected chi connectivity index (χ0v) is 23.2. The van der Waals surface area contributed by atoms with Gasteiger partial charge in [0, 0.05) is 35.0 Å². The minimum absolute atomic E-state index is 0.122. The number of hydrogen-bond donors (Lipinski definition) is 4. The van der Waals surface area contributed by atoms with E-state index in [1.54, 1.807) is 18.2 Å². The molecule has 8 nitrogen and oxygen atoms in total. The van der Waals surface area contributed by atoms with E-state index < -0.39 is 23.0 Å². The molecule has 1 heterocycles. The number of nitrogens with one attached hydrogen (secondary N) is 2. The van der Waals surface area contributed by atoms with E-state index in [9.17, 15) is 27.7 Å². The summed E-state index contributed by atoms with van der Waals surface area (Å²) in [6.45, 7) is 0.122. The van der Waals surface area contributed by atoms with E-state index in [-0.39, 0.29) is 40.4 Å². The Labute approximate surface area is 236 Å². The molecular weight excluding hydrogens is 558 g/mol. The van der Waals surface area contributed by atoms with Gasteiger partial charge in [0.05, 0.1) is 11.3 Å². The maximum absolute atomic E-state index is 13.5.